The number of ether oxygens (including phenoxy) is 1. The minimum absolute atomic E-state index is 0.0108. The van der Waals surface area contributed by atoms with Crippen LogP contribution in [0, 0.1) is 0 Å². The van der Waals surface area contributed by atoms with Gasteiger partial charge < -0.3 is 15.4 Å². The molecule has 0 unspecified atom stereocenters. The molecule has 0 fully saturated rings. The van der Waals surface area contributed by atoms with Crippen molar-refractivity contribution in [2.45, 2.75) is 18.7 Å². The molecule has 0 saturated carbocycles. The van der Waals surface area contributed by atoms with Crippen molar-refractivity contribution >= 4 is 33.1 Å². The van der Waals surface area contributed by atoms with Crippen molar-refractivity contribution in [3.8, 4) is 5.75 Å². The highest BCUT2D eigenvalue weighted by Gasteiger charge is 2.23. The highest BCUT2D eigenvalue weighted by molar-refractivity contribution is 7.89. The zero-order chi connectivity index (χ0) is 21.6. The number of hydrogen-bond donors (Lipinski definition) is 2. The summed E-state index contributed by atoms with van der Waals surface area (Å²) >= 11 is 0. The van der Waals surface area contributed by atoms with Crippen molar-refractivity contribution < 1.29 is 22.7 Å². The van der Waals surface area contributed by atoms with Crippen molar-refractivity contribution in [2.24, 2.45) is 0 Å². The van der Waals surface area contributed by atoms with Gasteiger partial charge in [-0.05, 0) is 44.2 Å². The molecule has 0 aromatic heterocycles. The fourth-order valence-corrected chi connectivity index (χ4v) is 3.62. The number of para-hydroxylation sites is 1. The van der Waals surface area contributed by atoms with Gasteiger partial charge in [-0.15, -0.1) is 0 Å². The molecule has 29 heavy (non-hydrogen) atoms. The normalized spacial score (nSPS) is 11.2. The van der Waals surface area contributed by atoms with Crippen LogP contribution in [0.4, 0.5) is 11.4 Å². The number of carbonyl (C=O) groups is 2. The molecule has 1 amide bonds. The topological polar surface area (TPSA) is 105 Å². The second kappa shape index (κ2) is 9.53. The predicted molar refractivity (Wildman–Crippen MR) is 112 cm³/mol. The average molecular weight is 420 g/mol. The summed E-state index contributed by atoms with van der Waals surface area (Å²) in [4.78, 5) is 24.0. The van der Waals surface area contributed by atoms with Gasteiger partial charge in [0.2, 0.25) is 15.9 Å². The lowest BCUT2D eigenvalue weighted by atomic mass is 10.1. The molecule has 156 valence electrons. The van der Waals surface area contributed by atoms with Crippen LogP contribution in [-0.2, 0) is 14.8 Å². The van der Waals surface area contributed by atoms with Gasteiger partial charge in [0.25, 0.3) is 0 Å². The first-order valence-corrected chi connectivity index (χ1v) is 10.4. The molecule has 0 saturated heterocycles. The minimum Gasteiger partial charge on any atom is -0.492 e. The highest BCUT2D eigenvalue weighted by Crippen LogP contribution is 2.29. The molecule has 2 N–H and O–H groups in total. The summed E-state index contributed by atoms with van der Waals surface area (Å²) < 4.78 is 31.7. The Hall–Kier alpha value is -2.91. The summed E-state index contributed by atoms with van der Waals surface area (Å²) in [5.74, 6) is -0.282. The summed E-state index contributed by atoms with van der Waals surface area (Å²) in [6.45, 7) is 3.40. The number of anilines is 2. The SMILES string of the molecule is CCOc1ccc(NCC(=O)Nc2ccccc2C(C)=O)cc1S(=O)(=O)N(C)C. The molecule has 2 aromatic rings. The molecule has 0 aliphatic carbocycles. The summed E-state index contributed by atoms with van der Waals surface area (Å²) in [7, 11) is -0.853. The van der Waals surface area contributed by atoms with Gasteiger partial charge in [-0.3, -0.25) is 9.59 Å². The van der Waals surface area contributed by atoms with Crippen LogP contribution in [0.2, 0.25) is 0 Å². The summed E-state index contributed by atoms with van der Waals surface area (Å²) in [6.07, 6.45) is 0. The number of sulfonamides is 1. The zero-order valence-corrected chi connectivity index (χ0v) is 17.7. The monoisotopic (exact) mass is 419 g/mol. The first-order valence-electron chi connectivity index (χ1n) is 9.00. The molecule has 0 bridgehead atoms. The number of benzene rings is 2. The molecule has 8 nitrogen and oxygen atoms in total. The molecular weight excluding hydrogens is 394 g/mol. The van der Waals surface area contributed by atoms with Crippen LogP contribution >= 0.6 is 0 Å². The Morgan fingerprint density at radius 2 is 1.79 bits per heavy atom. The van der Waals surface area contributed by atoms with E-state index in [1.165, 1.54) is 27.1 Å². The molecule has 0 radical (unpaired) electrons. The zero-order valence-electron chi connectivity index (χ0n) is 16.9. The Kier molecular flexibility index (Phi) is 7.35. The van der Waals surface area contributed by atoms with E-state index in [0.29, 0.717) is 23.5 Å². The van der Waals surface area contributed by atoms with Crippen LogP contribution in [0.15, 0.2) is 47.4 Å². The van der Waals surface area contributed by atoms with Gasteiger partial charge in [0.05, 0.1) is 18.8 Å². The van der Waals surface area contributed by atoms with E-state index < -0.39 is 10.0 Å². The van der Waals surface area contributed by atoms with Gasteiger partial charge in [-0.1, -0.05) is 12.1 Å². The van der Waals surface area contributed by atoms with Crippen molar-refractivity contribution in [2.75, 3.05) is 37.9 Å². The third-order valence-corrected chi connectivity index (χ3v) is 5.87. The predicted octanol–water partition coefficient (Wildman–Crippen LogP) is 2.59. The lowest BCUT2D eigenvalue weighted by molar-refractivity contribution is -0.114. The number of nitrogens with one attached hydrogen (secondary N) is 2. The highest BCUT2D eigenvalue weighted by atomic mass is 32.2. The van der Waals surface area contributed by atoms with Crippen LogP contribution in [0.5, 0.6) is 5.75 Å². The van der Waals surface area contributed by atoms with Crippen LogP contribution in [0.25, 0.3) is 0 Å². The number of Topliss-reactive ketones (excluding diaryl/α,β-unsaturated/α-hetero) is 1. The first-order chi connectivity index (χ1) is 13.7. The van der Waals surface area contributed by atoms with E-state index >= 15 is 0 Å². The van der Waals surface area contributed by atoms with Crippen molar-refractivity contribution in [3.05, 3.63) is 48.0 Å². The Morgan fingerprint density at radius 3 is 2.41 bits per heavy atom. The smallest absolute Gasteiger partial charge is 0.246 e. The molecule has 2 aromatic carbocycles. The quantitative estimate of drug-likeness (QED) is 0.606. The second-order valence-electron chi connectivity index (χ2n) is 6.39. The lowest BCUT2D eigenvalue weighted by Crippen LogP contribution is -2.24. The maximum atomic E-state index is 12.6. The summed E-state index contributed by atoms with van der Waals surface area (Å²) in [6, 6.07) is 11.3. The Labute approximate surface area is 170 Å². The average Bonchev–Trinajstić information content (AvgIpc) is 2.67. The molecule has 2 rings (SSSR count). The number of carbonyl (C=O) groups excluding carboxylic acids is 2. The number of nitrogens with zero attached hydrogens (tertiary/aromatic N) is 1. The van der Waals surface area contributed by atoms with E-state index in [0.717, 1.165) is 4.31 Å². The Bertz CT molecular complexity index is 1000. The molecule has 0 heterocycles. The second-order valence-corrected chi connectivity index (χ2v) is 8.51. The first kappa shape index (κ1) is 22.4. The van der Waals surface area contributed by atoms with E-state index in [1.54, 1.807) is 43.3 Å². The van der Waals surface area contributed by atoms with Crippen LogP contribution in [-0.4, -0.2) is 51.7 Å². The van der Waals surface area contributed by atoms with Crippen LogP contribution < -0.4 is 15.4 Å². The van der Waals surface area contributed by atoms with Gasteiger partial charge in [-0.2, -0.15) is 0 Å². The largest absolute Gasteiger partial charge is 0.492 e. The fourth-order valence-electron chi connectivity index (χ4n) is 2.57. The van der Waals surface area contributed by atoms with Crippen LogP contribution in [0.1, 0.15) is 24.2 Å². The standard InChI is InChI=1S/C20H25N3O5S/c1-5-28-18-11-10-15(12-19(18)29(26,27)23(3)4)21-13-20(25)22-17-9-7-6-8-16(17)14(2)24/h6-12,21H,5,13H2,1-4H3,(H,22,25). The Morgan fingerprint density at radius 1 is 1.10 bits per heavy atom. The summed E-state index contributed by atoms with van der Waals surface area (Å²) in [5.41, 5.74) is 1.29. The number of hydrogen-bond acceptors (Lipinski definition) is 6. The van der Waals surface area contributed by atoms with Gasteiger partial charge >= 0.3 is 0 Å². The van der Waals surface area contributed by atoms with Crippen LogP contribution in [0.3, 0.4) is 0 Å². The van der Waals surface area contributed by atoms with E-state index in [2.05, 4.69) is 10.6 Å². The van der Waals surface area contributed by atoms with Gasteiger partial charge in [0.1, 0.15) is 10.6 Å². The van der Waals surface area contributed by atoms with E-state index in [-0.39, 0.29) is 28.9 Å². The Balaban J connectivity index is 2.17. The van der Waals surface area contributed by atoms with Gasteiger partial charge in [-0.25, -0.2) is 12.7 Å². The maximum absolute atomic E-state index is 12.6. The molecule has 0 aliphatic rings. The molecular formula is C20H25N3O5S. The molecule has 0 atom stereocenters. The van der Waals surface area contributed by atoms with Gasteiger partial charge in [0, 0.05) is 25.3 Å². The fraction of sp³-hybridized carbons (Fsp3) is 0.300. The number of amides is 1. The molecule has 0 spiro atoms. The third-order valence-electron chi connectivity index (χ3n) is 4.04. The number of rotatable bonds is 9. The number of ketones is 1. The molecule has 9 heteroatoms. The third kappa shape index (κ3) is 5.55. The van der Waals surface area contributed by atoms with Gasteiger partial charge in [0.15, 0.2) is 5.78 Å². The minimum atomic E-state index is -3.72. The van der Waals surface area contributed by atoms with Crippen molar-refractivity contribution in [3.63, 3.8) is 0 Å². The maximum Gasteiger partial charge on any atom is 0.246 e. The lowest BCUT2D eigenvalue weighted by Gasteiger charge is -2.17. The van der Waals surface area contributed by atoms with E-state index in [9.17, 15) is 18.0 Å². The van der Waals surface area contributed by atoms with E-state index in [4.69, 9.17) is 4.74 Å². The molecule has 0 aliphatic heterocycles. The van der Waals surface area contributed by atoms with Crippen molar-refractivity contribution in [1.29, 1.82) is 0 Å². The summed E-state index contributed by atoms with van der Waals surface area (Å²) in [5, 5.41) is 5.58. The van der Waals surface area contributed by atoms with Crippen molar-refractivity contribution in [1.82, 2.24) is 4.31 Å². The van der Waals surface area contributed by atoms with E-state index in [1.807, 2.05) is 0 Å².